The molecule has 2 saturated carbocycles. The normalized spacial score (nSPS) is 31.0. The number of amides is 1. The molecule has 1 saturated heterocycles. The first-order valence-corrected chi connectivity index (χ1v) is 13.9. The molecular formula is C30H36N6O2. The second kappa shape index (κ2) is 10.1. The van der Waals surface area contributed by atoms with Crippen LogP contribution in [0, 0.1) is 30.1 Å². The van der Waals surface area contributed by atoms with Crippen molar-refractivity contribution in [3.8, 4) is 6.07 Å². The predicted molar refractivity (Wildman–Crippen MR) is 145 cm³/mol. The fraction of sp³-hybridized carbons (Fsp3) is 0.500. The van der Waals surface area contributed by atoms with Gasteiger partial charge < -0.3 is 15.0 Å². The fourth-order valence-corrected chi connectivity index (χ4v) is 7.10. The van der Waals surface area contributed by atoms with Crippen LogP contribution in [0.2, 0.25) is 0 Å². The van der Waals surface area contributed by atoms with Gasteiger partial charge in [-0.05, 0) is 81.5 Å². The van der Waals surface area contributed by atoms with Crippen LogP contribution in [0.5, 0.6) is 0 Å². The zero-order valence-corrected chi connectivity index (χ0v) is 21.9. The molecule has 6 rings (SSSR count). The van der Waals surface area contributed by atoms with E-state index >= 15 is 0 Å². The molecule has 0 bridgehead atoms. The number of hydrogen-bond acceptors (Lipinski definition) is 6. The van der Waals surface area contributed by atoms with Crippen molar-refractivity contribution in [3.05, 3.63) is 65.6 Å². The number of nitrogens with one attached hydrogen (secondary N) is 3. The van der Waals surface area contributed by atoms with E-state index in [-0.39, 0.29) is 23.9 Å². The lowest BCUT2D eigenvalue weighted by molar-refractivity contribution is -0.128. The first kappa shape index (κ1) is 25.1. The Morgan fingerprint density at radius 3 is 2.97 bits per heavy atom. The second-order valence-electron chi connectivity index (χ2n) is 11.6. The Morgan fingerprint density at radius 1 is 1.26 bits per heavy atom. The number of aromatic nitrogens is 2. The molecule has 2 aliphatic carbocycles. The van der Waals surface area contributed by atoms with E-state index in [2.05, 4.69) is 39.4 Å². The summed E-state index contributed by atoms with van der Waals surface area (Å²) in [5, 5.41) is 25.4. The van der Waals surface area contributed by atoms with Crippen LogP contribution in [0.3, 0.4) is 0 Å². The Labute approximate surface area is 223 Å². The molecule has 2 aromatic heterocycles. The van der Waals surface area contributed by atoms with Crippen LogP contribution in [0.4, 0.5) is 0 Å². The summed E-state index contributed by atoms with van der Waals surface area (Å²) in [4.78, 5) is 17.8. The number of carbonyl (C=O) groups is 1. The molecule has 1 amide bonds. The molecule has 3 fully saturated rings. The average molecular weight is 513 g/mol. The van der Waals surface area contributed by atoms with Gasteiger partial charge in [-0.2, -0.15) is 5.26 Å². The number of pyridine rings is 1. The highest BCUT2D eigenvalue weighted by atomic mass is 16.3. The van der Waals surface area contributed by atoms with Crippen molar-refractivity contribution in [1.29, 1.82) is 5.26 Å². The highest BCUT2D eigenvalue weighted by Crippen LogP contribution is 2.41. The summed E-state index contributed by atoms with van der Waals surface area (Å²) in [6.07, 6.45) is 9.32. The van der Waals surface area contributed by atoms with E-state index in [4.69, 9.17) is 0 Å². The Kier molecular flexibility index (Phi) is 6.68. The smallest absolute Gasteiger partial charge is 0.223 e. The summed E-state index contributed by atoms with van der Waals surface area (Å²) in [6, 6.07) is 14.8. The summed E-state index contributed by atoms with van der Waals surface area (Å²) < 4.78 is 2.00. The van der Waals surface area contributed by atoms with Crippen LogP contribution in [0.25, 0.3) is 10.9 Å². The number of hydrogen-bond donors (Lipinski definition) is 4. The molecule has 1 aromatic carbocycles. The predicted octanol–water partition coefficient (Wildman–Crippen LogP) is 3.64. The molecule has 3 aliphatic rings. The number of nitriles is 1. The van der Waals surface area contributed by atoms with E-state index in [9.17, 15) is 15.2 Å². The average Bonchev–Trinajstić information content (AvgIpc) is 3.49. The van der Waals surface area contributed by atoms with Gasteiger partial charge in [0, 0.05) is 47.0 Å². The monoisotopic (exact) mass is 512 g/mol. The van der Waals surface area contributed by atoms with Crippen molar-refractivity contribution >= 4 is 16.8 Å². The van der Waals surface area contributed by atoms with Crippen LogP contribution in [0.15, 0.2) is 48.8 Å². The Morgan fingerprint density at radius 2 is 2.13 bits per heavy atom. The van der Waals surface area contributed by atoms with E-state index in [0.29, 0.717) is 36.9 Å². The van der Waals surface area contributed by atoms with E-state index in [0.717, 1.165) is 48.7 Å². The van der Waals surface area contributed by atoms with E-state index in [1.807, 2.05) is 48.1 Å². The van der Waals surface area contributed by atoms with Gasteiger partial charge in [0.2, 0.25) is 5.91 Å². The van der Waals surface area contributed by atoms with E-state index in [1.165, 1.54) is 5.56 Å². The maximum absolute atomic E-state index is 13.5. The Bertz CT molecular complexity index is 1380. The minimum absolute atomic E-state index is 0.0232. The first-order valence-electron chi connectivity index (χ1n) is 13.9. The minimum atomic E-state index is -0.925. The Balaban J connectivity index is 1.11. The molecule has 0 radical (unpaired) electrons. The van der Waals surface area contributed by atoms with Crippen LogP contribution in [-0.4, -0.2) is 38.2 Å². The third kappa shape index (κ3) is 4.82. The topological polar surface area (TPSA) is 115 Å². The molecule has 3 heterocycles. The minimum Gasteiger partial charge on any atom is -0.388 e. The van der Waals surface area contributed by atoms with Gasteiger partial charge in [-0.25, -0.2) is 5.43 Å². The third-order valence-electron chi connectivity index (χ3n) is 8.94. The lowest BCUT2D eigenvalue weighted by Gasteiger charge is -2.39. The van der Waals surface area contributed by atoms with Crippen molar-refractivity contribution < 1.29 is 9.90 Å². The SMILES string of the molecule is Cc1cc(C2NNC3CCC(C(=O)N[C@H]4CCC[C@@](O)(Cn5cc(C#N)c6ccccc65)C4)CC32)ccn1. The van der Waals surface area contributed by atoms with E-state index in [1.54, 1.807) is 0 Å². The zero-order valence-electron chi connectivity index (χ0n) is 21.9. The number of aliphatic hydroxyl groups is 1. The van der Waals surface area contributed by atoms with Crippen LogP contribution in [-0.2, 0) is 11.3 Å². The number of fused-ring (bicyclic) bond motifs is 2. The lowest BCUT2D eigenvalue weighted by Crippen LogP contribution is -2.49. The van der Waals surface area contributed by atoms with Gasteiger partial charge in [0.05, 0.1) is 23.8 Å². The molecule has 1 aliphatic heterocycles. The molecule has 198 valence electrons. The second-order valence-corrected chi connectivity index (χ2v) is 11.6. The fourth-order valence-electron chi connectivity index (χ4n) is 7.10. The van der Waals surface area contributed by atoms with Gasteiger partial charge in [-0.1, -0.05) is 18.2 Å². The van der Waals surface area contributed by atoms with Crippen molar-refractivity contribution in [2.45, 2.75) is 82.1 Å². The summed E-state index contributed by atoms with van der Waals surface area (Å²) in [7, 11) is 0. The molecular weight excluding hydrogens is 476 g/mol. The maximum atomic E-state index is 13.5. The number of carbonyl (C=O) groups excluding carboxylic acids is 1. The van der Waals surface area contributed by atoms with Gasteiger partial charge in [0.1, 0.15) is 6.07 Å². The molecule has 6 atom stereocenters. The standard InChI is InChI=1S/C30H36N6O2/c1-19-13-20(10-12-32-19)28-25-14-21(8-9-26(25)34-35-28)29(37)33-23-5-4-11-30(38,15-23)18-36-17-22(16-31)24-6-2-3-7-27(24)36/h2-3,6-7,10,12-13,17,21,23,25-26,28,34-35,38H,4-5,8-9,11,14-15,18H2,1H3,(H,33,37)/t21?,23-,25?,26?,28?,30-/m0/s1. The largest absolute Gasteiger partial charge is 0.388 e. The third-order valence-corrected chi connectivity index (χ3v) is 8.94. The number of benzene rings is 1. The Hall–Kier alpha value is -3.25. The number of rotatable bonds is 5. The molecule has 4 unspecified atom stereocenters. The summed E-state index contributed by atoms with van der Waals surface area (Å²) in [5.41, 5.74) is 9.80. The number of aryl methyl sites for hydroxylation is 1. The van der Waals surface area contributed by atoms with Gasteiger partial charge in [-0.15, -0.1) is 0 Å². The highest BCUT2D eigenvalue weighted by molar-refractivity contribution is 5.86. The van der Waals surface area contributed by atoms with Crippen molar-refractivity contribution in [2.75, 3.05) is 0 Å². The maximum Gasteiger partial charge on any atom is 0.223 e. The van der Waals surface area contributed by atoms with Crippen LogP contribution in [0.1, 0.15) is 67.8 Å². The summed E-state index contributed by atoms with van der Waals surface area (Å²) >= 11 is 0. The first-order chi connectivity index (χ1) is 18.4. The highest BCUT2D eigenvalue weighted by Gasteiger charge is 2.43. The number of hydrazine groups is 1. The zero-order chi connectivity index (χ0) is 26.3. The van der Waals surface area contributed by atoms with Crippen molar-refractivity contribution in [2.24, 2.45) is 11.8 Å². The lowest BCUT2D eigenvalue weighted by atomic mass is 9.74. The molecule has 4 N–H and O–H groups in total. The number of para-hydroxylation sites is 1. The molecule has 0 spiro atoms. The van der Waals surface area contributed by atoms with Gasteiger partial charge in [0.15, 0.2) is 0 Å². The molecule has 8 nitrogen and oxygen atoms in total. The van der Waals surface area contributed by atoms with Crippen molar-refractivity contribution in [1.82, 2.24) is 25.7 Å². The van der Waals surface area contributed by atoms with Crippen LogP contribution >= 0.6 is 0 Å². The summed E-state index contributed by atoms with van der Waals surface area (Å²) in [5.74, 6) is 0.443. The van der Waals surface area contributed by atoms with Crippen molar-refractivity contribution in [3.63, 3.8) is 0 Å². The van der Waals surface area contributed by atoms with E-state index < -0.39 is 5.60 Å². The van der Waals surface area contributed by atoms with Gasteiger partial charge in [-0.3, -0.25) is 15.2 Å². The molecule has 3 aromatic rings. The van der Waals surface area contributed by atoms with Gasteiger partial charge >= 0.3 is 0 Å². The van der Waals surface area contributed by atoms with Crippen LogP contribution < -0.4 is 16.2 Å². The van der Waals surface area contributed by atoms with Gasteiger partial charge in [0.25, 0.3) is 0 Å². The molecule has 8 heteroatoms. The molecule has 38 heavy (non-hydrogen) atoms. The number of nitrogens with zero attached hydrogens (tertiary/aromatic N) is 3. The quantitative estimate of drug-likeness (QED) is 0.415. The summed E-state index contributed by atoms with van der Waals surface area (Å²) in [6.45, 7) is 2.42.